The van der Waals surface area contributed by atoms with Crippen LogP contribution in [-0.2, 0) is 0 Å². The van der Waals surface area contributed by atoms with E-state index in [-0.39, 0.29) is 0 Å². The summed E-state index contributed by atoms with van der Waals surface area (Å²) in [5.74, 6) is 0.653. The number of hydrogen-bond acceptors (Lipinski definition) is 2. The Labute approximate surface area is 287 Å². The molecule has 0 aliphatic carbocycles. The van der Waals surface area contributed by atoms with Gasteiger partial charge in [0.1, 0.15) is 0 Å². The van der Waals surface area contributed by atoms with Crippen molar-refractivity contribution >= 4 is 76.1 Å². The van der Waals surface area contributed by atoms with Crippen molar-refractivity contribution in [2.24, 2.45) is 0 Å². The molecule has 50 heavy (non-hydrogen) atoms. The molecule has 8 aromatic carbocycles. The Hall–Kier alpha value is -6.78. The lowest BCUT2D eigenvalue weighted by Crippen LogP contribution is -2.05. The topological polar surface area (TPSA) is 35.6 Å². The molecule has 0 aliphatic heterocycles. The van der Waals surface area contributed by atoms with E-state index in [1.54, 1.807) is 0 Å². The fourth-order valence-corrected chi connectivity index (χ4v) is 8.21. The Morgan fingerprint density at radius 3 is 1.56 bits per heavy atom. The van der Waals surface area contributed by atoms with Gasteiger partial charge in [-0.1, -0.05) is 140 Å². The molecular formula is C46H28N4. The fourth-order valence-electron chi connectivity index (χ4n) is 8.21. The second kappa shape index (κ2) is 10.4. The van der Waals surface area contributed by atoms with Crippen LogP contribution < -0.4 is 0 Å². The highest BCUT2D eigenvalue weighted by Gasteiger charge is 2.26. The van der Waals surface area contributed by atoms with Crippen molar-refractivity contribution < 1.29 is 0 Å². The minimum Gasteiger partial charge on any atom is -0.307 e. The van der Waals surface area contributed by atoms with Gasteiger partial charge in [0.25, 0.3) is 0 Å². The van der Waals surface area contributed by atoms with Crippen molar-refractivity contribution in [3.63, 3.8) is 0 Å². The van der Waals surface area contributed by atoms with Crippen LogP contribution in [0.4, 0.5) is 0 Å². The number of benzene rings is 8. The zero-order chi connectivity index (χ0) is 32.8. The summed E-state index contributed by atoms with van der Waals surface area (Å²) in [6.45, 7) is 0. The molecule has 0 bridgehead atoms. The highest BCUT2D eigenvalue weighted by Crippen LogP contribution is 2.46. The van der Waals surface area contributed by atoms with Crippen molar-refractivity contribution in [2.75, 3.05) is 0 Å². The molecule has 4 nitrogen and oxygen atoms in total. The van der Waals surface area contributed by atoms with E-state index < -0.39 is 0 Å². The van der Waals surface area contributed by atoms with Crippen molar-refractivity contribution in [3.8, 4) is 22.9 Å². The monoisotopic (exact) mass is 636 g/mol. The van der Waals surface area contributed by atoms with Crippen LogP contribution in [0, 0.1) is 0 Å². The normalized spacial score (nSPS) is 12.0. The number of hydrogen-bond donors (Lipinski definition) is 0. The van der Waals surface area contributed by atoms with Crippen LogP contribution in [0.15, 0.2) is 170 Å². The SMILES string of the molecule is c1ccc(-c2nc(-n3c4ccccc4c4c5ccccc5c5c6ccccc6n(-c6ccccc6)c5c43)nc3c2ccc2ccccc23)cc1. The predicted octanol–water partition coefficient (Wildman–Crippen LogP) is 11.8. The summed E-state index contributed by atoms with van der Waals surface area (Å²) in [5, 5.41) is 10.6. The molecule has 0 unspecified atom stereocenters. The minimum absolute atomic E-state index is 0.653. The first kappa shape index (κ1) is 27.2. The van der Waals surface area contributed by atoms with Crippen molar-refractivity contribution in [1.82, 2.24) is 19.1 Å². The fraction of sp³-hybridized carbons (Fsp3) is 0. The Kier molecular flexibility index (Phi) is 5.63. The van der Waals surface area contributed by atoms with Gasteiger partial charge in [0.2, 0.25) is 5.95 Å². The molecule has 3 heterocycles. The number of para-hydroxylation sites is 3. The third kappa shape index (κ3) is 3.70. The second-order valence-electron chi connectivity index (χ2n) is 13.0. The highest BCUT2D eigenvalue weighted by molar-refractivity contribution is 6.36. The van der Waals surface area contributed by atoms with Gasteiger partial charge >= 0.3 is 0 Å². The summed E-state index contributed by atoms with van der Waals surface area (Å²) in [6.07, 6.45) is 0. The summed E-state index contributed by atoms with van der Waals surface area (Å²) in [6, 6.07) is 60.5. The molecule has 0 aliphatic rings. The molecule has 0 radical (unpaired) electrons. The molecule has 0 amide bonds. The zero-order valence-corrected chi connectivity index (χ0v) is 27.0. The first-order chi connectivity index (χ1) is 24.8. The van der Waals surface area contributed by atoms with Gasteiger partial charge in [-0.2, -0.15) is 0 Å². The molecule has 3 aromatic heterocycles. The number of fused-ring (bicyclic) bond motifs is 13. The van der Waals surface area contributed by atoms with E-state index in [1.807, 2.05) is 0 Å². The number of aromatic nitrogens is 4. The standard InChI is InChI=1S/C46H28N4/c1-3-16-30(17-4-1)42-37-28-27-29-15-7-8-20-32(29)43(37)48-46(47-42)50-39-26-14-12-24-36(39)41-34-22-10-9-21-33(34)40-35-23-11-13-25-38(35)49(44(40)45(41)50)31-18-5-2-6-19-31/h1-28H. The largest absolute Gasteiger partial charge is 0.307 e. The highest BCUT2D eigenvalue weighted by atomic mass is 15.2. The number of nitrogens with zero attached hydrogens (tertiary/aromatic N) is 4. The van der Waals surface area contributed by atoms with Gasteiger partial charge in [0.15, 0.2) is 0 Å². The first-order valence-electron chi connectivity index (χ1n) is 17.0. The molecule has 232 valence electrons. The average Bonchev–Trinajstić information content (AvgIpc) is 3.72. The van der Waals surface area contributed by atoms with Crippen LogP contribution in [0.2, 0.25) is 0 Å². The van der Waals surface area contributed by atoms with E-state index in [0.717, 1.165) is 55.2 Å². The molecule has 0 N–H and O–H groups in total. The quantitative estimate of drug-likeness (QED) is 0.181. The Morgan fingerprint density at radius 1 is 0.360 bits per heavy atom. The summed E-state index contributed by atoms with van der Waals surface area (Å²) in [4.78, 5) is 11.0. The maximum absolute atomic E-state index is 5.52. The third-order valence-electron chi connectivity index (χ3n) is 10.3. The third-order valence-corrected chi connectivity index (χ3v) is 10.3. The summed E-state index contributed by atoms with van der Waals surface area (Å²) in [5.41, 5.74) is 8.51. The zero-order valence-electron chi connectivity index (χ0n) is 27.0. The molecule has 11 aromatic rings. The van der Waals surface area contributed by atoms with Gasteiger partial charge < -0.3 is 4.57 Å². The van der Waals surface area contributed by atoms with Crippen molar-refractivity contribution in [2.45, 2.75) is 0 Å². The van der Waals surface area contributed by atoms with Crippen molar-refractivity contribution in [3.05, 3.63) is 170 Å². The van der Waals surface area contributed by atoms with Crippen molar-refractivity contribution in [1.29, 1.82) is 0 Å². The van der Waals surface area contributed by atoms with E-state index >= 15 is 0 Å². The van der Waals surface area contributed by atoms with Crippen LogP contribution in [0.25, 0.3) is 99.0 Å². The lowest BCUT2D eigenvalue weighted by Gasteiger charge is -2.15. The number of rotatable bonds is 3. The van der Waals surface area contributed by atoms with Crippen LogP contribution in [-0.4, -0.2) is 19.1 Å². The van der Waals surface area contributed by atoms with Gasteiger partial charge in [-0.05, 0) is 46.5 Å². The van der Waals surface area contributed by atoms with Gasteiger partial charge in [-0.25, -0.2) is 9.97 Å². The van der Waals surface area contributed by atoms with Crippen LogP contribution in [0.1, 0.15) is 0 Å². The van der Waals surface area contributed by atoms with E-state index in [2.05, 4.69) is 179 Å². The van der Waals surface area contributed by atoms with Crippen LogP contribution >= 0.6 is 0 Å². The summed E-state index contributed by atoms with van der Waals surface area (Å²) < 4.78 is 4.76. The van der Waals surface area contributed by atoms with Gasteiger partial charge in [-0.3, -0.25) is 4.57 Å². The van der Waals surface area contributed by atoms with E-state index in [4.69, 9.17) is 9.97 Å². The van der Waals surface area contributed by atoms with E-state index in [1.165, 1.54) is 37.8 Å². The molecule has 0 saturated carbocycles. The maximum Gasteiger partial charge on any atom is 0.235 e. The molecule has 0 spiro atoms. The predicted molar refractivity (Wildman–Crippen MR) is 209 cm³/mol. The van der Waals surface area contributed by atoms with E-state index in [9.17, 15) is 0 Å². The maximum atomic E-state index is 5.52. The molecular weight excluding hydrogens is 609 g/mol. The average molecular weight is 637 g/mol. The summed E-state index contributed by atoms with van der Waals surface area (Å²) >= 11 is 0. The van der Waals surface area contributed by atoms with Crippen LogP contribution in [0.5, 0.6) is 0 Å². The Morgan fingerprint density at radius 2 is 0.880 bits per heavy atom. The van der Waals surface area contributed by atoms with Gasteiger partial charge in [0, 0.05) is 43.6 Å². The smallest absolute Gasteiger partial charge is 0.235 e. The van der Waals surface area contributed by atoms with E-state index in [0.29, 0.717) is 5.95 Å². The Bertz CT molecular complexity index is 3140. The molecule has 0 saturated heterocycles. The Balaban J connectivity index is 1.43. The lowest BCUT2D eigenvalue weighted by molar-refractivity contribution is 1.01. The lowest BCUT2D eigenvalue weighted by atomic mass is 9.98. The summed E-state index contributed by atoms with van der Waals surface area (Å²) in [7, 11) is 0. The minimum atomic E-state index is 0.653. The molecule has 4 heteroatoms. The first-order valence-corrected chi connectivity index (χ1v) is 17.0. The molecule has 0 atom stereocenters. The second-order valence-corrected chi connectivity index (χ2v) is 13.0. The van der Waals surface area contributed by atoms with Gasteiger partial charge in [-0.15, -0.1) is 0 Å². The van der Waals surface area contributed by atoms with Gasteiger partial charge in [0.05, 0.1) is 33.3 Å². The van der Waals surface area contributed by atoms with Crippen LogP contribution in [0.3, 0.4) is 0 Å². The molecule has 11 rings (SSSR count). The molecule has 0 fully saturated rings.